The minimum atomic E-state index is -0.0122. The molecule has 0 amide bonds. The fraction of sp³-hybridized carbons (Fsp3) is 0.364. The number of hydrogen-bond acceptors (Lipinski definition) is 1. The molecular formula is C11H10BrClO. The van der Waals surface area contributed by atoms with Crippen molar-refractivity contribution in [3.05, 3.63) is 33.8 Å². The van der Waals surface area contributed by atoms with Gasteiger partial charge in [-0.1, -0.05) is 28.1 Å². The van der Waals surface area contributed by atoms with Crippen molar-refractivity contribution in [2.75, 3.05) is 0 Å². The third-order valence-corrected chi connectivity index (χ3v) is 3.65. The Balaban J connectivity index is 2.48. The third kappa shape index (κ3) is 1.86. The van der Waals surface area contributed by atoms with Crippen LogP contribution in [0.4, 0.5) is 0 Å². The highest BCUT2D eigenvalue weighted by molar-refractivity contribution is 9.10. The molecule has 0 bridgehead atoms. The molecule has 14 heavy (non-hydrogen) atoms. The van der Waals surface area contributed by atoms with Crippen LogP contribution < -0.4 is 0 Å². The number of carbonyl (C=O) groups is 1. The Hall–Kier alpha value is -0.340. The van der Waals surface area contributed by atoms with Crippen LogP contribution in [0, 0.1) is 0 Å². The monoisotopic (exact) mass is 272 g/mol. The zero-order chi connectivity index (χ0) is 10.1. The zero-order valence-electron chi connectivity index (χ0n) is 7.59. The lowest BCUT2D eigenvalue weighted by Gasteiger charge is -2.05. The molecule has 2 rings (SSSR count). The molecular weight excluding hydrogens is 263 g/mol. The van der Waals surface area contributed by atoms with Gasteiger partial charge >= 0.3 is 0 Å². The van der Waals surface area contributed by atoms with E-state index in [2.05, 4.69) is 15.9 Å². The van der Waals surface area contributed by atoms with Crippen molar-refractivity contribution < 1.29 is 4.79 Å². The van der Waals surface area contributed by atoms with Crippen LogP contribution in [0.15, 0.2) is 22.7 Å². The molecule has 3 heteroatoms. The summed E-state index contributed by atoms with van der Waals surface area (Å²) in [6, 6.07) is 5.76. The second-order valence-electron chi connectivity index (χ2n) is 3.53. The van der Waals surface area contributed by atoms with E-state index in [1.165, 1.54) is 0 Å². The topological polar surface area (TPSA) is 17.1 Å². The molecule has 0 heterocycles. The van der Waals surface area contributed by atoms with Crippen LogP contribution in [0.2, 0.25) is 0 Å². The summed E-state index contributed by atoms with van der Waals surface area (Å²) in [5.74, 6) is 0.166. The summed E-state index contributed by atoms with van der Waals surface area (Å²) >= 11 is 9.49. The molecule has 1 aromatic carbocycles. The quantitative estimate of drug-likeness (QED) is 0.522. The largest absolute Gasteiger partial charge is 0.294 e. The van der Waals surface area contributed by atoms with E-state index in [0.717, 1.165) is 28.4 Å². The van der Waals surface area contributed by atoms with Gasteiger partial charge in [0.25, 0.3) is 0 Å². The highest BCUT2D eigenvalue weighted by Gasteiger charge is 2.21. The van der Waals surface area contributed by atoms with Gasteiger partial charge in [-0.15, -0.1) is 11.6 Å². The van der Waals surface area contributed by atoms with E-state index in [1.807, 2.05) is 18.2 Å². The summed E-state index contributed by atoms with van der Waals surface area (Å²) in [5, 5.41) is -0.0122. The van der Waals surface area contributed by atoms with Crippen molar-refractivity contribution >= 4 is 33.3 Å². The number of fused-ring (bicyclic) bond motifs is 1. The Kier molecular flexibility index (Phi) is 2.93. The fourth-order valence-corrected chi connectivity index (χ4v) is 2.60. The maximum absolute atomic E-state index is 11.8. The van der Waals surface area contributed by atoms with Gasteiger partial charge in [0.15, 0.2) is 5.78 Å². The van der Waals surface area contributed by atoms with Crippen molar-refractivity contribution in [2.45, 2.75) is 24.6 Å². The molecule has 0 saturated heterocycles. The predicted molar refractivity (Wildman–Crippen MR) is 61.1 cm³/mol. The summed E-state index contributed by atoms with van der Waals surface area (Å²) in [6.45, 7) is 0. The van der Waals surface area contributed by atoms with Crippen molar-refractivity contribution in [3.63, 3.8) is 0 Å². The second-order valence-corrected chi connectivity index (χ2v) is 5.00. The number of benzene rings is 1. The average Bonchev–Trinajstić information content (AvgIpc) is 2.28. The molecule has 1 nitrogen and oxygen atoms in total. The molecule has 1 aliphatic carbocycles. The SMILES string of the molecule is O=C1CC(Cl)CCc2c(Br)cccc21. The molecule has 0 saturated carbocycles. The first-order chi connectivity index (χ1) is 6.68. The van der Waals surface area contributed by atoms with E-state index in [9.17, 15) is 4.79 Å². The van der Waals surface area contributed by atoms with Crippen molar-refractivity contribution in [1.29, 1.82) is 0 Å². The number of hydrogen-bond donors (Lipinski definition) is 0. The molecule has 0 N–H and O–H groups in total. The van der Waals surface area contributed by atoms with Crippen LogP contribution in [-0.2, 0) is 6.42 Å². The van der Waals surface area contributed by atoms with Gasteiger partial charge in [-0.05, 0) is 24.5 Å². The second kappa shape index (κ2) is 4.03. The predicted octanol–water partition coefficient (Wildman–Crippen LogP) is 3.58. The van der Waals surface area contributed by atoms with Gasteiger partial charge in [0.05, 0.1) is 0 Å². The Labute approximate surface area is 96.6 Å². The lowest BCUT2D eigenvalue weighted by Crippen LogP contribution is -2.05. The van der Waals surface area contributed by atoms with Gasteiger partial charge in [-0.25, -0.2) is 0 Å². The lowest BCUT2D eigenvalue weighted by molar-refractivity contribution is 0.0983. The van der Waals surface area contributed by atoms with E-state index in [0.29, 0.717) is 6.42 Å². The Morgan fingerprint density at radius 3 is 3.00 bits per heavy atom. The van der Waals surface area contributed by atoms with Crippen molar-refractivity contribution in [2.24, 2.45) is 0 Å². The minimum Gasteiger partial charge on any atom is -0.294 e. The summed E-state index contributed by atoms with van der Waals surface area (Å²) in [6.07, 6.45) is 2.23. The molecule has 1 aromatic rings. The van der Waals surface area contributed by atoms with Crippen LogP contribution in [0.3, 0.4) is 0 Å². The Bertz CT molecular complexity index is 376. The number of Topliss-reactive ketones (excluding diaryl/α,β-unsaturated/α-hetero) is 1. The van der Waals surface area contributed by atoms with E-state index in [-0.39, 0.29) is 11.2 Å². The van der Waals surface area contributed by atoms with E-state index in [4.69, 9.17) is 11.6 Å². The fourth-order valence-electron chi connectivity index (χ4n) is 1.79. The zero-order valence-corrected chi connectivity index (χ0v) is 9.94. The van der Waals surface area contributed by atoms with Crippen molar-refractivity contribution in [3.8, 4) is 0 Å². The summed E-state index contributed by atoms with van der Waals surface area (Å²) in [7, 11) is 0. The molecule has 0 aliphatic heterocycles. The van der Waals surface area contributed by atoms with Gasteiger partial charge in [0.2, 0.25) is 0 Å². The normalized spacial score (nSPS) is 21.6. The molecule has 1 atom stereocenters. The third-order valence-electron chi connectivity index (χ3n) is 2.53. The first-order valence-electron chi connectivity index (χ1n) is 4.63. The molecule has 0 aromatic heterocycles. The van der Waals surface area contributed by atoms with Gasteiger partial charge < -0.3 is 0 Å². The number of rotatable bonds is 0. The molecule has 0 spiro atoms. The van der Waals surface area contributed by atoms with E-state index < -0.39 is 0 Å². The van der Waals surface area contributed by atoms with Crippen LogP contribution >= 0.6 is 27.5 Å². The molecule has 0 radical (unpaired) electrons. The van der Waals surface area contributed by atoms with Crippen LogP contribution in [0.25, 0.3) is 0 Å². The van der Waals surface area contributed by atoms with Crippen LogP contribution in [-0.4, -0.2) is 11.2 Å². The first-order valence-corrected chi connectivity index (χ1v) is 5.86. The summed E-state index contributed by atoms with van der Waals surface area (Å²) in [5.41, 5.74) is 1.95. The number of alkyl halides is 1. The van der Waals surface area contributed by atoms with Crippen LogP contribution in [0.5, 0.6) is 0 Å². The summed E-state index contributed by atoms with van der Waals surface area (Å²) in [4.78, 5) is 11.8. The maximum atomic E-state index is 11.8. The number of halogens is 2. The smallest absolute Gasteiger partial charge is 0.164 e. The average molecular weight is 274 g/mol. The lowest BCUT2D eigenvalue weighted by atomic mass is 10.0. The maximum Gasteiger partial charge on any atom is 0.164 e. The molecule has 1 unspecified atom stereocenters. The molecule has 0 fully saturated rings. The Morgan fingerprint density at radius 1 is 1.43 bits per heavy atom. The highest BCUT2D eigenvalue weighted by Crippen LogP contribution is 2.28. The van der Waals surface area contributed by atoms with Gasteiger partial charge in [-0.3, -0.25) is 4.79 Å². The Morgan fingerprint density at radius 2 is 2.21 bits per heavy atom. The van der Waals surface area contributed by atoms with E-state index >= 15 is 0 Å². The summed E-state index contributed by atoms with van der Waals surface area (Å²) < 4.78 is 1.02. The van der Waals surface area contributed by atoms with Crippen LogP contribution in [0.1, 0.15) is 28.8 Å². The van der Waals surface area contributed by atoms with Crippen molar-refractivity contribution in [1.82, 2.24) is 0 Å². The van der Waals surface area contributed by atoms with Gasteiger partial charge in [0, 0.05) is 21.8 Å². The molecule has 1 aliphatic rings. The van der Waals surface area contributed by atoms with Gasteiger partial charge in [0.1, 0.15) is 0 Å². The molecule has 74 valence electrons. The first kappa shape index (κ1) is 10.2. The van der Waals surface area contributed by atoms with E-state index in [1.54, 1.807) is 0 Å². The number of carbonyl (C=O) groups excluding carboxylic acids is 1. The van der Waals surface area contributed by atoms with Gasteiger partial charge in [-0.2, -0.15) is 0 Å². The highest BCUT2D eigenvalue weighted by atomic mass is 79.9. The number of ketones is 1. The standard InChI is InChI=1S/C11H10BrClO/c12-10-3-1-2-9-8(10)5-4-7(13)6-11(9)14/h1-3,7H,4-6H2. The minimum absolute atomic E-state index is 0.0122.